The molecule has 19 heavy (non-hydrogen) atoms. The lowest BCUT2D eigenvalue weighted by Gasteiger charge is -2.02. The number of ether oxygens (including phenoxy) is 1. The number of carbonyl (C=O) groups is 1. The summed E-state index contributed by atoms with van der Waals surface area (Å²) in [6.07, 6.45) is 4.78. The Balaban J connectivity index is 1.92. The molecule has 0 aliphatic rings. The number of nitrogens with one attached hydrogen (secondary N) is 2. The predicted octanol–water partition coefficient (Wildman–Crippen LogP) is 2.46. The van der Waals surface area contributed by atoms with Crippen LogP contribution in [0.2, 0.25) is 0 Å². The minimum Gasteiger partial charge on any atom is -0.494 e. The molecule has 1 heterocycles. The predicted molar refractivity (Wildman–Crippen MR) is 73.9 cm³/mol. The molecule has 0 atom stereocenters. The van der Waals surface area contributed by atoms with Gasteiger partial charge in [0.15, 0.2) is 0 Å². The van der Waals surface area contributed by atoms with Crippen LogP contribution in [0.5, 0.6) is 5.75 Å². The molecule has 0 aliphatic carbocycles. The Hall–Kier alpha value is -2.56. The van der Waals surface area contributed by atoms with Gasteiger partial charge in [0.25, 0.3) is 0 Å². The van der Waals surface area contributed by atoms with Gasteiger partial charge in [-0.3, -0.25) is 9.89 Å². The number of carbonyl (C=O) groups excluding carboxylic acids is 1. The van der Waals surface area contributed by atoms with Crippen molar-refractivity contribution in [3.05, 3.63) is 48.2 Å². The summed E-state index contributed by atoms with van der Waals surface area (Å²) in [5, 5.41) is 9.05. The van der Waals surface area contributed by atoms with Crippen molar-refractivity contribution in [2.45, 2.75) is 6.92 Å². The van der Waals surface area contributed by atoms with Crippen LogP contribution in [0.15, 0.2) is 42.6 Å². The molecule has 2 N–H and O–H groups in total. The van der Waals surface area contributed by atoms with Gasteiger partial charge in [-0.05, 0) is 30.7 Å². The van der Waals surface area contributed by atoms with E-state index in [2.05, 4.69) is 15.5 Å². The van der Waals surface area contributed by atoms with E-state index >= 15 is 0 Å². The van der Waals surface area contributed by atoms with Crippen molar-refractivity contribution < 1.29 is 9.53 Å². The molecule has 5 heteroatoms. The molecular formula is C14H15N3O2. The summed E-state index contributed by atoms with van der Waals surface area (Å²) in [7, 11) is 0. The van der Waals surface area contributed by atoms with Gasteiger partial charge >= 0.3 is 0 Å². The summed E-state index contributed by atoms with van der Waals surface area (Å²) >= 11 is 0. The second kappa shape index (κ2) is 6.39. The molecule has 1 aromatic heterocycles. The Morgan fingerprint density at radius 1 is 1.37 bits per heavy atom. The Kier molecular flexibility index (Phi) is 4.34. The number of nitrogens with zero attached hydrogens (tertiary/aromatic N) is 1. The third-order valence-corrected chi connectivity index (χ3v) is 2.38. The number of hydrogen-bond acceptors (Lipinski definition) is 3. The molecule has 2 rings (SSSR count). The quantitative estimate of drug-likeness (QED) is 0.808. The zero-order valence-corrected chi connectivity index (χ0v) is 10.6. The number of amides is 1. The van der Waals surface area contributed by atoms with Crippen LogP contribution in [0.25, 0.3) is 6.08 Å². The van der Waals surface area contributed by atoms with E-state index in [1.54, 1.807) is 18.3 Å². The molecule has 0 aliphatic heterocycles. The van der Waals surface area contributed by atoms with E-state index in [1.807, 2.05) is 31.2 Å². The lowest BCUT2D eigenvalue weighted by atomic mass is 10.2. The van der Waals surface area contributed by atoms with Crippen LogP contribution in [0, 0.1) is 0 Å². The largest absolute Gasteiger partial charge is 0.494 e. The van der Waals surface area contributed by atoms with Crippen molar-refractivity contribution in [2.24, 2.45) is 0 Å². The van der Waals surface area contributed by atoms with Gasteiger partial charge in [0.05, 0.1) is 12.8 Å². The van der Waals surface area contributed by atoms with Gasteiger partial charge in [0, 0.05) is 12.1 Å². The summed E-state index contributed by atoms with van der Waals surface area (Å²) in [5.41, 5.74) is 0.934. The van der Waals surface area contributed by atoms with Gasteiger partial charge in [-0.15, -0.1) is 0 Å². The molecule has 1 amide bonds. The summed E-state index contributed by atoms with van der Waals surface area (Å²) in [5.74, 6) is 1.18. The molecule has 0 bridgehead atoms. The third-order valence-electron chi connectivity index (χ3n) is 2.38. The van der Waals surface area contributed by atoms with Crippen molar-refractivity contribution >= 4 is 17.8 Å². The molecular weight excluding hydrogens is 242 g/mol. The van der Waals surface area contributed by atoms with Gasteiger partial charge in [-0.2, -0.15) is 5.10 Å². The van der Waals surface area contributed by atoms with Crippen molar-refractivity contribution in [3.8, 4) is 5.75 Å². The van der Waals surface area contributed by atoms with Gasteiger partial charge in [-0.25, -0.2) is 0 Å². The molecule has 0 saturated carbocycles. The van der Waals surface area contributed by atoms with Crippen LogP contribution < -0.4 is 10.1 Å². The zero-order valence-electron chi connectivity index (χ0n) is 10.6. The number of aromatic amines is 1. The van der Waals surface area contributed by atoms with Crippen LogP contribution in [-0.4, -0.2) is 22.7 Å². The highest BCUT2D eigenvalue weighted by Crippen LogP contribution is 2.13. The summed E-state index contributed by atoms with van der Waals surface area (Å²) < 4.78 is 5.34. The second-order valence-electron chi connectivity index (χ2n) is 3.79. The first-order valence-electron chi connectivity index (χ1n) is 5.99. The molecule has 0 radical (unpaired) electrons. The van der Waals surface area contributed by atoms with Crippen molar-refractivity contribution in [1.82, 2.24) is 10.2 Å². The Morgan fingerprint density at radius 2 is 2.16 bits per heavy atom. The van der Waals surface area contributed by atoms with Gasteiger partial charge in [0.2, 0.25) is 5.91 Å². The topological polar surface area (TPSA) is 67.0 Å². The van der Waals surface area contributed by atoms with Crippen LogP contribution in [0.3, 0.4) is 0 Å². The lowest BCUT2D eigenvalue weighted by Crippen LogP contribution is -2.07. The first-order valence-corrected chi connectivity index (χ1v) is 5.99. The summed E-state index contributed by atoms with van der Waals surface area (Å²) in [6, 6.07) is 9.21. The maximum Gasteiger partial charge on any atom is 0.249 e. The maximum atomic E-state index is 11.6. The number of H-pyrrole nitrogens is 1. The standard InChI is InChI=1S/C14H15N3O2/c1-2-19-12-6-3-11(4-7-12)5-8-14(18)16-13-9-10-15-17-13/h3-10H,2H2,1H3,(H2,15,16,17,18)/b8-5+. The fourth-order valence-corrected chi connectivity index (χ4v) is 1.51. The van der Waals surface area contributed by atoms with E-state index in [0.29, 0.717) is 12.4 Å². The Bertz CT molecular complexity index is 545. The number of rotatable bonds is 5. The minimum atomic E-state index is -0.210. The average molecular weight is 257 g/mol. The van der Waals surface area contributed by atoms with Gasteiger partial charge in [0.1, 0.15) is 11.6 Å². The smallest absolute Gasteiger partial charge is 0.249 e. The maximum absolute atomic E-state index is 11.6. The highest BCUT2D eigenvalue weighted by molar-refractivity contribution is 6.01. The zero-order chi connectivity index (χ0) is 13.5. The number of benzene rings is 1. The van der Waals surface area contributed by atoms with E-state index in [4.69, 9.17) is 4.74 Å². The number of anilines is 1. The van der Waals surface area contributed by atoms with Gasteiger partial charge in [-0.1, -0.05) is 12.1 Å². The second-order valence-corrected chi connectivity index (χ2v) is 3.79. The molecule has 0 saturated heterocycles. The normalized spacial score (nSPS) is 10.6. The molecule has 5 nitrogen and oxygen atoms in total. The molecule has 0 spiro atoms. The monoisotopic (exact) mass is 257 g/mol. The van der Waals surface area contributed by atoms with Crippen LogP contribution in [-0.2, 0) is 4.79 Å². The highest BCUT2D eigenvalue weighted by Gasteiger charge is 1.98. The fraction of sp³-hybridized carbons (Fsp3) is 0.143. The third kappa shape index (κ3) is 3.99. The first-order chi connectivity index (χ1) is 9.28. The van der Waals surface area contributed by atoms with Crippen LogP contribution >= 0.6 is 0 Å². The molecule has 1 aromatic carbocycles. The van der Waals surface area contributed by atoms with Gasteiger partial charge < -0.3 is 10.1 Å². The molecule has 2 aromatic rings. The van der Waals surface area contributed by atoms with Crippen molar-refractivity contribution in [3.63, 3.8) is 0 Å². The average Bonchev–Trinajstić information content (AvgIpc) is 2.91. The summed E-state index contributed by atoms with van der Waals surface area (Å²) in [6.45, 7) is 2.58. The van der Waals surface area contributed by atoms with Crippen LogP contribution in [0.4, 0.5) is 5.82 Å². The van der Waals surface area contributed by atoms with E-state index in [-0.39, 0.29) is 5.91 Å². The first kappa shape index (κ1) is 12.9. The number of hydrogen-bond donors (Lipinski definition) is 2. The molecule has 98 valence electrons. The number of aromatic nitrogens is 2. The van der Waals surface area contributed by atoms with E-state index in [1.165, 1.54) is 6.08 Å². The molecule has 0 unspecified atom stereocenters. The van der Waals surface area contributed by atoms with E-state index in [9.17, 15) is 4.79 Å². The van der Waals surface area contributed by atoms with E-state index < -0.39 is 0 Å². The van der Waals surface area contributed by atoms with Crippen molar-refractivity contribution in [1.29, 1.82) is 0 Å². The highest BCUT2D eigenvalue weighted by atomic mass is 16.5. The fourth-order valence-electron chi connectivity index (χ4n) is 1.51. The Labute approximate surface area is 111 Å². The van der Waals surface area contributed by atoms with E-state index in [0.717, 1.165) is 11.3 Å². The molecule has 0 fully saturated rings. The minimum absolute atomic E-state index is 0.210. The van der Waals surface area contributed by atoms with Crippen LogP contribution in [0.1, 0.15) is 12.5 Å². The summed E-state index contributed by atoms with van der Waals surface area (Å²) in [4.78, 5) is 11.6. The SMILES string of the molecule is CCOc1ccc(/C=C/C(=O)Nc2ccn[nH]2)cc1. The Morgan fingerprint density at radius 3 is 2.79 bits per heavy atom. The van der Waals surface area contributed by atoms with Crippen molar-refractivity contribution in [2.75, 3.05) is 11.9 Å². The lowest BCUT2D eigenvalue weighted by molar-refractivity contribution is -0.111.